The largest absolute Gasteiger partial charge is 0.492 e. The standard InChI is InChI=1S/C11H9ClN2O3/c1-2-17-11(16)9-10(15)14-8-5-6(12)3-4-7(8)13-9/h3-5H,2H2,1H3,(H,14,15). The van der Waals surface area contributed by atoms with Gasteiger partial charge in [0.25, 0.3) is 0 Å². The van der Waals surface area contributed by atoms with E-state index in [1.54, 1.807) is 25.1 Å². The Kier molecular flexibility index (Phi) is 3.10. The summed E-state index contributed by atoms with van der Waals surface area (Å²) >= 11 is 5.78. The number of rotatable bonds is 2. The topological polar surface area (TPSA) is 72.3 Å². The van der Waals surface area contributed by atoms with Gasteiger partial charge < -0.3 is 9.84 Å². The van der Waals surface area contributed by atoms with Gasteiger partial charge in [-0.15, -0.1) is 0 Å². The summed E-state index contributed by atoms with van der Waals surface area (Å²) in [4.78, 5) is 19.3. The molecule has 0 atom stereocenters. The van der Waals surface area contributed by atoms with Gasteiger partial charge in [0, 0.05) is 5.02 Å². The second-order valence-electron chi connectivity index (χ2n) is 3.25. The highest BCUT2D eigenvalue weighted by Crippen LogP contribution is 2.21. The molecule has 0 amide bonds. The average molecular weight is 253 g/mol. The third-order valence-corrected chi connectivity index (χ3v) is 2.31. The van der Waals surface area contributed by atoms with Gasteiger partial charge in [-0.05, 0) is 25.1 Å². The van der Waals surface area contributed by atoms with E-state index in [1.807, 2.05) is 0 Å². The zero-order chi connectivity index (χ0) is 12.4. The summed E-state index contributed by atoms with van der Waals surface area (Å²) in [6.45, 7) is 1.88. The molecule has 0 bridgehead atoms. The lowest BCUT2D eigenvalue weighted by Gasteiger charge is -2.04. The SMILES string of the molecule is CCOC(=O)c1nc2ccc(Cl)cc2nc1O. The number of fused-ring (bicyclic) bond motifs is 1. The Bertz CT molecular complexity index is 586. The van der Waals surface area contributed by atoms with Crippen LogP contribution in [0.25, 0.3) is 11.0 Å². The van der Waals surface area contributed by atoms with Crippen molar-refractivity contribution in [2.45, 2.75) is 6.92 Å². The molecule has 17 heavy (non-hydrogen) atoms. The number of aromatic hydroxyl groups is 1. The summed E-state index contributed by atoms with van der Waals surface area (Å²) in [6, 6.07) is 4.80. The number of carbonyl (C=O) groups is 1. The van der Waals surface area contributed by atoms with Crippen molar-refractivity contribution >= 4 is 28.6 Å². The second kappa shape index (κ2) is 4.55. The number of hydrogen-bond donors (Lipinski definition) is 1. The predicted octanol–water partition coefficient (Wildman–Crippen LogP) is 2.17. The van der Waals surface area contributed by atoms with Gasteiger partial charge in [0.05, 0.1) is 17.6 Å². The number of benzene rings is 1. The first kappa shape index (κ1) is 11.6. The maximum Gasteiger partial charge on any atom is 0.362 e. The third-order valence-electron chi connectivity index (χ3n) is 2.08. The number of halogens is 1. The summed E-state index contributed by atoms with van der Waals surface area (Å²) in [7, 11) is 0. The maximum absolute atomic E-state index is 11.5. The quantitative estimate of drug-likeness (QED) is 0.830. The molecule has 2 rings (SSSR count). The van der Waals surface area contributed by atoms with Gasteiger partial charge in [-0.2, -0.15) is 0 Å². The molecule has 1 aromatic heterocycles. The highest BCUT2D eigenvalue weighted by molar-refractivity contribution is 6.31. The van der Waals surface area contributed by atoms with E-state index in [0.717, 1.165) is 0 Å². The van der Waals surface area contributed by atoms with E-state index in [2.05, 4.69) is 9.97 Å². The minimum atomic E-state index is -0.700. The Morgan fingerprint density at radius 2 is 2.18 bits per heavy atom. The monoisotopic (exact) mass is 252 g/mol. The summed E-state index contributed by atoms with van der Waals surface area (Å²) in [6.07, 6.45) is 0. The Hall–Kier alpha value is -1.88. The molecule has 0 saturated carbocycles. The smallest absolute Gasteiger partial charge is 0.362 e. The molecule has 88 valence electrons. The van der Waals surface area contributed by atoms with Crippen LogP contribution in [0.15, 0.2) is 18.2 Å². The van der Waals surface area contributed by atoms with Crippen LogP contribution >= 0.6 is 11.6 Å². The van der Waals surface area contributed by atoms with Crippen LogP contribution in [0.3, 0.4) is 0 Å². The third kappa shape index (κ3) is 2.29. The molecule has 5 nitrogen and oxygen atoms in total. The van der Waals surface area contributed by atoms with Gasteiger partial charge in [0.1, 0.15) is 0 Å². The molecule has 1 aromatic carbocycles. The van der Waals surface area contributed by atoms with Crippen molar-refractivity contribution in [2.24, 2.45) is 0 Å². The van der Waals surface area contributed by atoms with Crippen LogP contribution in [-0.4, -0.2) is 27.7 Å². The Morgan fingerprint density at radius 3 is 2.88 bits per heavy atom. The lowest BCUT2D eigenvalue weighted by Crippen LogP contribution is -2.08. The average Bonchev–Trinajstić information content (AvgIpc) is 2.28. The van der Waals surface area contributed by atoms with Crippen molar-refractivity contribution in [1.29, 1.82) is 0 Å². The normalized spacial score (nSPS) is 10.5. The Labute approximate surface area is 102 Å². The summed E-state index contributed by atoms with van der Waals surface area (Å²) in [5.74, 6) is -1.16. The van der Waals surface area contributed by atoms with E-state index < -0.39 is 11.8 Å². The fraction of sp³-hybridized carbons (Fsp3) is 0.182. The highest BCUT2D eigenvalue weighted by Gasteiger charge is 2.16. The molecule has 0 aliphatic carbocycles. The van der Waals surface area contributed by atoms with Crippen LogP contribution < -0.4 is 0 Å². The fourth-order valence-electron chi connectivity index (χ4n) is 1.35. The van der Waals surface area contributed by atoms with Crippen molar-refractivity contribution in [2.75, 3.05) is 6.61 Å². The number of ether oxygens (including phenoxy) is 1. The van der Waals surface area contributed by atoms with Gasteiger partial charge >= 0.3 is 5.97 Å². The first-order valence-corrected chi connectivity index (χ1v) is 5.33. The van der Waals surface area contributed by atoms with Crippen LogP contribution in [0.4, 0.5) is 0 Å². The van der Waals surface area contributed by atoms with E-state index in [1.165, 1.54) is 0 Å². The molecule has 0 radical (unpaired) electrons. The van der Waals surface area contributed by atoms with Crippen LogP contribution in [0.2, 0.25) is 5.02 Å². The molecule has 0 unspecified atom stereocenters. The van der Waals surface area contributed by atoms with Crippen molar-refractivity contribution in [3.8, 4) is 5.88 Å². The number of aromatic nitrogens is 2. The Morgan fingerprint density at radius 1 is 1.41 bits per heavy atom. The zero-order valence-corrected chi connectivity index (χ0v) is 9.73. The molecule has 0 aliphatic heterocycles. The molecule has 1 heterocycles. The van der Waals surface area contributed by atoms with Gasteiger partial charge in [0.15, 0.2) is 0 Å². The molecule has 0 aliphatic rings. The van der Waals surface area contributed by atoms with Crippen LogP contribution in [0, 0.1) is 0 Å². The lowest BCUT2D eigenvalue weighted by atomic mass is 10.3. The first-order valence-electron chi connectivity index (χ1n) is 4.95. The van der Waals surface area contributed by atoms with E-state index in [9.17, 15) is 9.90 Å². The van der Waals surface area contributed by atoms with E-state index in [-0.39, 0.29) is 12.3 Å². The number of carbonyl (C=O) groups excluding carboxylic acids is 1. The van der Waals surface area contributed by atoms with Crippen LogP contribution in [0.5, 0.6) is 5.88 Å². The minimum absolute atomic E-state index is 0.193. The first-order chi connectivity index (χ1) is 8.11. The van der Waals surface area contributed by atoms with Gasteiger partial charge in [-0.3, -0.25) is 0 Å². The molecule has 0 spiro atoms. The number of hydrogen-bond acceptors (Lipinski definition) is 5. The zero-order valence-electron chi connectivity index (χ0n) is 8.98. The van der Waals surface area contributed by atoms with Crippen molar-refractivity contribution in [3.63, 3.8) is 0 Å². The van der Waals surface area contributed by atoms with Crippen LogP contribution in [-0.2, 0) is 4.74 Å². The van der Waals surface area contributed by atoms with Crippen molar-refractivity contribution in [3.05, 3.63) is 28.9 Å². The van der Waals surface area contributed by atoms with Crippen LogP contribution in [0.1, 0.15) is 17.4 Å². The van der Waals surface area contributed by atoms with Gasteiger partial charge in [-0.25, -0.2) is 14.8 Å². The second-order valence-corrected chi connectivity index (χ2v) is 3.69. The lowest BCUT2D eigenvalue weighted by molar-refractivity contribution is 0.0515. The molecular weight excluding hydrogens is 244 g/mol. The molecule has 1 N–H and O–H groups in total. The number of esters is 1. The van der Waals surface area contributed by atoms with Gasteiger partial charge in [0.2, 0.25) is 11.6 Å². The molecular formula is C11H9ClN2O3. The Balaban J connectivity index is 2.55. The maximum atomic E-state index is 11.5. The predicted molar refractivity (Wildman–Crippen MR) is 62.2 cm³/mol. The van der Waals surface area contributed by atoms with Crippen molar-refractivity contribution in [1.82, 2.24) is 9.97 Å². The highest BCUT2D eigenvalue weighted by atomic mass is 35.5. The number of nitrogens with zero attached hydrogens (tertiary/aromatic N) is 2. The van der Waals surface area contributed by atoms with E-state index >= 15 is 0 Å². The van der Waals surface area contributed by atoms with E-state index in [4.69, 9.17) is 16.3 Å². The summed E-state index contributed by atoms with van der Waals surface area (Å²) in [5.41, 5.74) is 0.694. The minimum Gasteiger partial charge on any atom is -0.492 e. The summed E-state index contributed by atoms with van der Waals surface area (Å²) < 4.78 is 4.75. The molecule has 0 saturated heterocycles. The molecule has 6 heteroatoms. The molecule has 2 aromatic rings. The molecule has 0 fully saturated rings. The summed E-state index contributed by atoms with van der Waals surface area (Å²) in [5, 5.41) is 10.1. The van der Waals surface area contributed by atoms with Gasteiger partial charge in [-0.1, -0.05) is 11.6 Å². The fourth-order valence-corrected chi connectivity index (χ4v) is 1.52. The van der Waals surface area contributed by atoms with E-state index in [0.29, 0.717) is 16.1 Å². The van der Waals surface area contributed by atoms with Crippen molar-refractivity contribution < 1.29 is 14.6 Å².